The zero-order valence-electron chi connectivity index (χ0n) is 5.91. The topological polar surface area (TPSA) is 66.8 Å². The van der Waals surface area contributed by atoms with Crippen molar-refractivity contribution in [1.82, 2.24) is 0 Å². The molecule has 10 heavy (non-hydrogen) atoms. The first-order valence-electron chi connectivity index (χ1n) is 3.05. The average molecular weight is 148 g/mol. The van der Waals surface area contributed by atoms with E-state index in [0.29, 0.717) is 0 Å². The van der Waals surface area contributed by atoms with Crippen molar-refractivity contribution in [3.63, 3.8) is 0 Å². The molecule has 4 heteroatoms. The molecular weight excluding hydrogens is 136 g/mol. The summed E-state index contributed by atoms with van der Waals surface area (Å²) in [7, 11) is 0. The van der Waals surface area contributed by atoms with Gasteiger partial charge < -0.3 is 14.9 Å². The second kappa shape index (κ2) is 5.34. The van der Waals surface area contributed by atoms with E-state index in [0.717, 1.165) is 0 Å². The Bertz CT molecular complexity index is 99.9. The quantitative estimate of drug-likeness (QED) is 0.522. The van der Waals surface area contributed by atoms with Gasteiger partial charge in [-0.05, 0) is 6.92 Å². The molecule has 0 aliphatic heterocycles. The van der Waals surface area contributed by atoms with Gasteiger partial charge in [0, 0.05) is 0 Å². The lowest BCUT2D eigenvalue weighted by molar-refractivity contribution is -0.127. The minimum Gasteiger partial charge on any atom is -0.391 e. The Hall–Kier alpha value is -0.450. The van der Waals surface area contributed by atoms with Gasteiger partial charge in [0.15, 0.2) is 5.78 Å². The number of aliphatic hydroxyl groups is 2. The van der Waals surface area contributed by atoms with Crippen molar-refractivity contribution in [2.24, 2.45) is 0 Å². The number of carbonyl (C=O) groups excluding carboxylic acids is 1. The number of rotatable bonds is 5. The molecule has 0 amide bonds. The van der Waals surface area contributed by atoms with Crippen molar-refractivity contribution in [3.8, 4) is 0 Å². The molecule has 4 nitrogen and oxygen atoms in total. The van der Waals surface area contributed by atoms with E-state index in [4.69, 9.17) is 10.2 Å². The predicted octanol–water partition coefficient (Wildman–Crippen LogP) is -1.05. The molecule has 0 bridgehead atoms. The molecule has 0 saturated carbocycles. The number of hydrogen-bond acceptors (Lipinski definition) is 4. The molecule has 0 rings (SSSR count). The molecule has 0 aliphatic carbocycles. The van der Waals surface area contributed by atoms with Gasteiger partial charge in [-0.25, -0.2) is 0 Å². The lowest BCUT2D eigenvalue weighted by Crippen LogP contribution is -2.17. The lowest BCUT2D eigenvalue weighted by atomic mass is 10.4. The van der Waals surface area contributed by atoms with Crippen LogP contribution >= 0.6 is 0 Å². The molecule has 0 radical (unpaired) electrons. The molecule has 0 aromatic rings. The van der Waals surface area contributed by atoms with Crippen molar-refractivity contribution in [2.45, 2.75) is 13.0 Å². The van der Waals surface area contributed by atoms with E-state index in [2.05, 4.69) is 4.74 Å². The Morgan fingerprint density at radius 1 is 1.70 bits per heavy atom. The van der Waals surface area contributed by atoms with E-state index in [9.17, 15) is 4.79 Å². The summed E-state index contributed by atoms with van der Waals surface area (Å²) in [5.74, 6) is -0.374. The van der Waals surface area contributed by atoms with Crippen molar-refractivity contribution < 1.29 is 19.7 Å². The first-order chi connectivity index (χ1) is 4.66. The second-order valence-electron chi connectivity index (χ2n) is 2.06. The molecule has 0 aliphatic rings. The fourth-order valence-electron chi connectivity index (χ4n) is 0.389. The molecule has 0 saturated heterocycles. The standard InChI is InChI=1S/C6H12O4/c1-5(8)3-10-4-6(9)2-7/h5,7-8H,2-4H2,1H3. The van der Waals surface area contributed by atoms with Crippen LogP contribution in [0.1, 0.15) is 6.92 Å². The molecule has 1 unspecified atom stereocenters. The van der Waals surface area contributed by atoms with Crippen LogP contribution in [0.2, 0.25) is 0 Å². The summed E-state index contributed by atoms with van der Waals surface area (Å²) in [6.07, 6.45) is -0.563. The molecule has 2 N–H and O–H groups in total. The number of Topliss-reactive ketones (excluding diaryl/α,β-unsaturated/α-hetero) is 1. The van der Waals surface area contributed by atoms with Crippen molar-refractivity contribution in [2.75, 3.05) is 19.8 Å². The number of ether oxygens (including phenoxy) is 1. The normalized spacial score (nSPS) is 13.1. The van der Waals surface area contributed by atoms with Crippen LogP contribution in [0.3, 0.4) is 0 Å². The smallest absolute Gasteiger partial charge is 0.183 e. The van der Waals surface area contributed by atoms with Gasteiger partial charge in [-0.2, -0.15) is 0 Å². The van der Waals surface area contributed by atoms with E-state index in [-0.39, 0.29) is 19.0 Å². The maximum absolute atomic E-state index is 10.3. The molecule has 0 fully saturated rings. The SMILES string of the molecule is CC(O)COCC(=O)CO. The number of hydrogen-bond donors (Lipinski definition) is 2. The van der Waals surface area contributed by atoms with Gasteiger partial charge in [-0.15, -0.1) is 0 Å². The zero-order valence-corrected chi connectivity index (χ0v) is 5.91. The molecule has 0 aromatic carbocycles. The summed E-state index contributed by atoms with van der Waals surface area (Å²) in [6, 6.07) is 0. The third-order valence-electron chi connectivity index (χ3n) is 0.798. The lowest BCUT2D eigenvalue weighted by Gasteiger charge is -2.03. The van der Waals surface area contributed by atoms with Crippen LogP contribution in [-0.2, 0) is 9.53 Å². The van der Waals surface area contributed by atoms with E-state index >= 15 is 0 Å². The van der Waals surface area contributed by atoms with Gasteiger partial charge in [0.2, 0.25) is 0 Å². The fraction of sp³-hybridized carbons (Fsp3) is 0.833. The van der Waals surface area contributed by atoms with E-state index in [1.165, 1.54) is 0 Å². The molecule has 60 valence electrons. The molecule has 0 spiro atoms. The third kappa shape index (κ3) is 5.68. The summed E-state index contributed by atoms with van der Waals surface area (Å²) in [6.45, 7) is 1.07. The number of carbonyl (C=O) groups is 1. The molecular formula is C6H12O4. The molecule has 1 atom stereocenters. The molecule has 0 heterocycles. The van der Waals surface area contributed by atoms with Crippen LogP contribution in [0.15, 0.2) is 0 Å². The van der Waals surface area contributed by atoms with Gasteiger partial charge in [0.05, 0.1) is 12.7 Å². The first kappa shape index (κ1) is 9.55. The highest BCUT2D eigenvalue weighted by atomic mass is 16.5. The number of aliphatic hydroxyl groups excluding tert-OH is 2. The predicted molar refractivity (Wildman–Crippen MR) is 34.6 cm³/mol. The van der Waals surface area contributed by atoms with Gasteiger partial charge in [0.1, 0.15) is 13.2 Å². The highest BCUT2D eigenvalue weighted by Crippen LogP contribution is 1.82. The summed E-state index contributed by atoms with van der Waals surface area (Å²) in [5, 5.41) is 16.8. The summed E-state index contributed by atoms with van der Waals surface area (Å²) in [5.41, 5.74) is 0. The van der Waals surface area contributed by atoms with Crippen LogP contribution in [0.25, 0.3) is 0 Å². The maximum atomic E-state index is 10.3. The first-order valence-corrected chi connectivity index (χ1v) is 3.05. The highest BCUT2D eigenvalue weighted by molar-refractivity contribution is 5.80. The van der Waals surface area contributed by atoms with Crippen molar-refractivity contribution in [3.05, 3.63) is 0 Å². The Morgan fingerprint density at radius 3 is 2.70 bits per heavy atom. The van der Waals surface area contributed by atoms with Crippen LogP contribution in [0.5, 0.6) is 0 Å². The minimum atomic E-state index is -0.563. The van der Waals surface area contributed by atoms with Crippen LogP contribution in [0.4, 0.5) is 0 Å². The largest absolute Gasteiger partial charge is 0.391 e. The van der Waals surface area contributed by atoms with Crippen LogP contribution in [0, 0.1) is 0 Å². The monoisotopic (exact) mass is 148 g/mol. The fourth-order valence-corrected chi connectivity index (χ4v) is 0.389. The van der Waals surface area contributed by atoms with Crippen molar-refractivity contribution >= 4 is 5.78 Å². The zero-order chi connectivity index (χ0) is 7.98. The van der Waals surface area contributed by atoms with E-state index < -0.39 is 12.7 Å². The van der Waals surface area contributed by atoms with Crippen LogP contribution in [-0.4, -0.2) is 41.9 Å². The Kier molecular flexibility index (Phi) is 5.10. The van der Waals surface area contributed by atoms with Crippen LogP contribution < -0.4 is 0 Å². The summed E-state index contributed by atoms with van der Waals surface area (Å²) < 4.78 is 4.69. The van der Waals surface area contributed by atoms with E-state index in [1.807, 2.05) is 0 Å². The Morgan fingerprint density at radius 2 is 2.30 bits per heavy atom. The van der Waals surface area contributed by atoms with Crippen molar-refractivity contribution in [1.29, 1.82) is 0 Å². The Balaban J connectivity index is 3.12. The average Bonchev–Trinajstić information content (AvgIpc) is 1.87. The third-order valence-corrected chi connectivity index (χ3v) is 0.798. The van der Waals surface area contributed by atoms with Gasteiger partial charge >= 0.3 is 0 Å². The van der Waals surface area contributed by atoms with Gasteiger partial charge in [-0.1, -0.05) is 0 Å². The van der Waals surface area contributed by atoms with Gasteiger partial charge in [0.25, 0.3) is 0 Å². The highest BCUT2D eigenvalue weighted by Gasteiger charge is 2.00. The minimum absolute atomic E-state index is 0.124. The Labute approximate surface area is 59.4 Å². The maximum Gasteiger partial charge on any atom is 0.183 e. The van der Waals surface area contributed by atoms with E-state index in [1.54, 1.807) is 6.92 Å². The summed E-state index contributed by atoms with van der Waals surface area (Å²) >= 11 is 0. The molecule has 0 aromatic heterocycles. The summed E-state index contributed by atoms with van der Waals surface area (Å²) in [4.78, 5) is 10.3. The number of ketones is 1. The van der Waals surface area contributed by atoms with Gasteiger partial charge in [-0.3, -0.25) is 4.79 Å². The second-order valence-corrected chi connectivity index (χ2v) is 2.06.